The minimum atomic E-state index is -0.181. The number of aromatic nitrogens is 2. The lowest BCUT2D eigenvalue weighted by Crippen LogP contribution is -2.29. The molecule has 152 valence electrons. The van der Waals surface area contributed by atoms with Crippen LogP contribution < -0.4 is 15.6 Å². The summed E-state index contributed by atoms with van der Waals surface area (Å²) in [5, 5.41) is 3.75. The van der Waals surface area contributed by atoms with Crippen molar-refractivity contribution >= 4 is 27.5 Å². The minimum absolute atomic E-state index is 0.0278. The number of ether oxygens (including phenoxy) is 1. The van der Waals surface area contributed by atoms with Gasteiger partial charge in [-0.1, -0.05) is 18.2 Å². The summed E-state index contributed by atoms with van der Waals surface area (Å²) in [5.41, 5.74) is 2.07. The third-order valence-corrected chi connectivity index (χ3v) is 6.70. The predicted octanol–water partition coefficient (Wildman–Crippen LogP) is 3.61. The van der Waals surface area contributed by atoms with Crippen molar-refractivity contribution in [3.63, 3.8) is 0 Å². The second kappa shape index (κ2) is 8.37. The minimum Gasteiger partial charge on any atom is -0.496 e. The molecule has 0 saturated heterocycles. The Labute approximate surface area is 173 Å². The molecule has 0 radical (unpaired) electrons. The number of fused-ring (bicyclic) bond motifs is 3. The maximum absolute atomic E-state index is 13.0. The Balaban J connectivity index is 1.46. The number of amides is 1. The first-order valence-corrected chi connectivity index (χ1v) is 10.8. The molecule has 0 saturated carbocycles. The van der Waals surface area contributed by atoms with E-state index in [1.807, 2.05) is 31.2 Å². The molecular weight excluding hydrogens is 386 g/mol. The first kappa shape index (κ1) is 19.6. The van der Waals surface area contributed by atoms with E-state index in [0.29, 0.717) is 6.54 Å². The maximum Gasteiger partial charge on any atom is 0.262 e. The second-order valence-corrected chi connectivity index (χ2v) is 8.50. The van der Waals surface area contributed by atoms with Gasteiger partial charge in [0.05, 0.1) is 24.9 Å². The summed E-state index contributed by atoms with van der Waals surface area (Å²) in [6.07, 6.45) is 6.09. The average Bonchev–Trinajstić information content (AvgIpc) is 3.12. The van der Waals surface area contributed by atoms with E-state index in [0.717, 1.165) is 40.8 Å². The van der Waals surface area contributed by atoms with Gasteiger partial charge < -0.3 is 10.1 Å². The normalized spacial score (nSPS) is 14.4. The van der Waals surface area contributed by atoms with Crippen molar-refractivity contribution in [3.8, 4) is 5.75 Å². The fraction of sp³-hybridized carbons (Fsp3) is 0.409. The number of hydrogen-bond donors (Lipinski definition) is 1. The van der Waals surface area contributed by atoms with Crippen molar-refractivity contribution in [1.29, 1.82) is 0 Å². The lowest BCUT2D eigenvalue weighted by molar-refractivity contribution is -0.122. The second-order valence-electron chi connectivity index (χ2n) is 7.42. The average molecular weight is 412 g/mol. The Bertz CT molecular complexity index is 1100. The number of methoxy groups -OCH3 is 1. The van der Waals surface area contributed by atoms with Gasteiger partial charge in [-0.2, -0.15) is 0 Å². The number of thiophene rings is 1. The van der Waals surface area contributed by atoms with Crippen LogP contribution in [0.5, 0.6) is 5.75 Å². The molecule has 0 aliphatic heterocycles. The highest BCUT2D eigenvalue weighted by Gasteiger charge is 2.20. The van der Waals surface area contributed by atoms with Crippen molar-refractivity contribution in [2.45, 2.75) is 51.6 Å². The summed E-state index contributed by atoms with van der Waals surface area (Å²) in [4.78, 5) is 32.1. The van der Waals surface area contributed by atoms with Gasteiger partial charge in [0.15, 0.2) is 0 Å². The van der Waals surface area contributed by atoms with Crippen molar-refractivity contribution in [3.05, 3.63) is 57.0 Å². The number of rotatable bonds is 6. The van der Waals surface area contributed by atoms with Gasteiger partial charge in [-0.3, -0.25) is 14.2 Å². The van der Waals surface area contributed by atoms with Gasteiger partial charge in [0, 0.05) is 23.4 Å². The van der Waals surface area contributed by atoms with Crippen molar-refractivity contribution in [2.24, 2.45) is 0 Å². The van der Waals surface area contributed by atoms with Crippen LogP contribution in [0.1, 0.15) is 48.2 Å². The Morgan fingerprint density at radius 2 is 2.10 bits per heavy atom. The van der Waals surface area contributed by atoms with Crippen LogP contribution >= 0.6 is 11.3 Å². The molecule has 1 N–H and O–H groups in total. The summed E-state index contributed by atoms with van der Waals surface area (Å²) >= 11 is 1.64. The number of nitrogens with zero attached hydrogens (tertiary/aromatic N) is 2. The number of carbonyl (C=O) groups is 1. The highest BCUT2D eigenvalue weighted by molar-refractivity contribution is 7.18. The quantitative estimate of drug-likeness (QED) is 0.672. The lowest BCUT2D eigenvalue weighted by Gasteiger charge is -2.17. The lowest BCUT2D eigenvalue weighted by atomic mass is 9.97. The first-order chi connectivity index (χ1) is 14.1. The monoisotopic (exact) mass is 411 g/mol. The van der Waals surface area contributed by atoms with Crippen LogP contribution in [0.4, 0.5) is 0 Å². The van der Waals surface area contributed by atoms with E-state index >= 15 is 0 Å². The molecule has 7 heteroatoms. The standard InChI is InChI=1S/C22H25N3O3S/c1-14(15-7-3-5-9-17(15)28-2)24-19(26)11-12-25-13-23-21-20(22(25)27)16-8-4-6-10-18(16)29-21/h3,5,7,9,13-14H,4,6,8,10-12H2,1-2H3,(H,24,26)/t14-/m0/s1. The molecule has 4 rings (SSSR count). The van der Waals surface area contributed by atoms with E-state index in [-0.39, 0.29) is 23.9 Å². The number of carbonyl (C=O) groups excluding carboxylic acids is 1. The molecule has 1 atom stereocenters. The van der Waals surface area contributed by atoms with Gasteiger partial charge in [-0.15, -0.1) is 11.3 Å². The first-order valence-electron chi connectivity index (χ1n) is 10.0. The maximum atomic E-state index is 13.0. The summed E-state index contributed by atoms with van der Waals surface area (Å²) < 4.78 is 6.93. The van der Waals surface area contributed by atoms with E-state index in [4.69, 9.17) is 4.74 Å². The number of aryl methyl sites for hydroxylation is 3. The Morgan fingerprint density at radius 1 is 1.31 bits per heavy atom. The van der Waals surface area contributed by atoms with Crippen LogP contribution in [0.2, 0.25) is 0 Å². The summed E-state index contributed by atoms with van der Waals surface area (Å²) in [7, 11) is 1.62. The van der Waals surface area contributed by atoms with Gasteiger partial charge in [0.2, 0.25) is 5.91 Å². The number of hydrogen-bond acceptors (Lipinski definition) is 5. The highest BCUT2D eigenvalue weighted by atomic mass is 32.1. The summed E-state index contributed by atoms with van der Waals surface area (Å²) in [5.74, 6) is 0.635. The molecule has 1 aliphatic carbocycles. The van der Waals surface area contributed by atoms with Crippen molar-refractivity contribution in [2.75, 3.05) is 7.11 Å². The van der Waals surface area contributed by atoms with Gasteiger partial charge in [0.25, 0.3) is 5.56 Å². The molecule has 6 nitrogen and oxygen atoms in total. The van der Waals surface area contributed by atoms with Gasteiger partial charge in [-0.05, 0) is 44.2 Å². The highest BCUT2D eigenvalue weighted by Crippen LogP contribution is 2.33. The summed E-state index contributed by atoms with van der Waals surface area (Å²) in [6, 6.07) is 7.45. The topological polar surface area (TPSA) is 73.2 Å². The number of benzene rings is 1. The van der Waals surface area contributed by atoms with E-state index in [2.05, 4.69) is 10.3 Å². The van der Waals surface area contributed by atoms with Crippen LogP contribution in [-0.2, 0) is 24.2 Å². The molecule has 2 heterocycles. The molecule has 0 spiro atoms. The van der Waals surface area contributed by atoms with Crippen LogP contribution in [0.15, 0.2) is 35.4 Å². The van der Waals surface area contributed by atoms with Gasteiger partial charge in [0.1, 0.15) is 10.6 Å². The predicted molar refractivity (Wildman–Crippen MR) is 115 cm³/mol. The SMILES string of the molecule is COc1ccccc1[C@H](C)NC(=O)CCn1cnc2sc3c(c2c1=O)CCCC3. The molecule has 29 heavy (non-hydrogen) atoms. The molecule has 0 fully saturated rings. The fourth-order valence-corrected chi connectivity index (χ4v) is 5.20. The molecule has 3 aromatic rings. The van der Waals surface area contributed by atoms with Gasteiger partial charge >= 0.3 is 0 Å². The molecule has 1 aliphatic rings. The largest absolute Gasteiger partial charge is 0.496 e. The zero-order chi connectivity index (χ0) is 20.4. The molecule has 0 unspecified atom stereocenters. The molecular formula is C22H25N3O3S. The van der Waals surface area contributed by atoms with Crippen molar-refractivity contribution < 1.29 is 9.53 Å². The zero-order valence-electron chi connectivity index (χ0n) is 16.7. The third kappa shape index (κ3) is 3.92. The molecule has 1 aromatic carbocycles. The Morgan fingerprint density at radius 3 is 2.93 bits per heavy atom. The Kier molecular flexibility index (Phi) is 5.67. The third-order valence-electron chi connectivity index (χ3n) is 5.50. The van der Waals surface area contributed by atoms with Gasteiger partial charge in [-0.25, -0.2) is 4.98 Å². The van der Waals surface area contributed by atoms with Crippen molar-refractivity contribution in [1.82, 2.24) is 14.9 Å². The number of nitrogens with one attached hydrogen (secondary N) is 1. The Hall–Kier alpha value is -2.67. The smallest absolute Gasteiger partial charge is 0.262 e. The van der Waals surface area contributed by atoms with E-state index < -0.39 is 0 Å². The van der Waals surface area contributed by atoms with Crippen LogP contribution in [0, 0.1) is 0 Å². The van der Waals surface area contributed by atoms with E-state index in [1.165, 1.54) is 16.9 Å². The molecule has 1 amide bonds. The van der Waals surface area contributed by atoms with Crippen LogP contribution in [0.3, 0.4) is 0 Å². The fourth-order valence-electron chi connectivity index (χ4n) is 3.98. The number of para-hydroxylation sites is 1. The summed E-state index contributed by atoms with van der Waals surface area (Å²) in [6.45, 7) is 2.24. The van der Waals surface area contributed by atoms with Crippen LogP contribution in [-0.4, -0.2) is 22.6 Å². The van der Waals surface area contributed by atoms with E-state index in [9.17, 15) is 9.59 Å². The molecule has 2 aromatic heterocycles. The molecule has 0 bridgehead atoms. The van der Waals surface area contributed by atoms with Crippen LogP contribution in [0.25, 0.3) is 10.2 Å². The van der Waals surface area contributed by atoms with E-state index in [1.54, 1.807) is 29.3 Å². The zero-order valence-corrected chi connectivity index (χ0v) is 17.6.